The molecule has 0 radical (unpaired) electrons. The monoisotopic (exact) mass is 292 g/mol. The SMILES string of the molecule is CCOC(=O)c1cnc(SC)nc1NNCC(F)F. The first-order valence-corrected chi connectivity index (χ1v) is 6.66. The van der Waals surface area contributed by atoms with Gasteiger partial charge in [0.2, 0.25) is 0 Å². The van der Waals surface area contributed by atoms with Gasteiger partial charge < -0.3 is 10.2 Å². The highest BCUT2D eigenvalue weighted by Gasteiger charge is 2.16. The lowest BCUT2D eigenvalue weighted by atomic mass is 10.3. The molecule has 0 spiro atoms. The molecule has 19 heavy (non-hydrogen) atoms. The van der Waals surface area contributed by atoms with E-state index >= 15 is 0 Å². The molecule has 0 aromatic carbocycles. The second kappa shape index (κ2) is 7.85. The minimum absolute atomic E-state index is 0.0846. The molecule has 9 heteroatoms. The number of halogens is 2. The van der Waals surface area contributed by atoms with E-state index in [9.17, 15) is 13.6 Å². The minimum atomic E-state index is -2.51. The molecular weight excluding hydrogens is 278 g/mol. The van der Waals surface area contributed by atoms with E-state index in [0.717, 1.165) is 0 Å². The molecule has 6 nitrogen and oxygen atoms in total. The van der Waals surface area contributed by atoms with Crippen molar-refractivity contribution in [2.24, 2.45) is 0 Å². The number of esters is 1. The molecule has 0 saturated heterocycles. The zero-order valence-corrected chi connectivity index (χ0v) is 11.3. The number of nitrogens with zero attached hydrogens (tertiary/aromatic N) is 2. The van der Waals surface area contributed by atoms with Crippen molar-refractivity contribution in [1.29, 1.82) is 0 Å². The number of hydrogen-bond donors (Lipinski definition) is 2. The van der Waals surface area contributed by atoms with Crippen molar-refractivity contribution in [3.63, 3.8) is 0 Å². The lowest BCUT2D eigenvalue weighted by Gasteiger charge is -2.11. The summed E-state index contributed by atoms with van der Waals surface area (Å²) in [6.07, 6.45) is 0.541. The van der Waals surface area contributed by atoms with Gasteiger partial charge in [-0.05, 0) is 13.2 Å². The van der Waals surface area contributed by atoms with E-state index in [1.54, 1.807) is 13.2 Å². The first kappa shape index (κ1) is 15.6. The standard InChI is InChI=1S/C10H14F2N4O2S/c1-3-18-9(17)6-4-13-10(19-2)15-8(6)16-14-5-7(11)12/h4,7,14H,3,5H2,1-2H3,(H,13,15,16). The summed E-state index contributed by atoms with van der Waals surface area (Å²) in [6.45, 7) is 1.30. The fourth-order valence-corrected chi connectivity index (χ4v) is 1.47. The average Bonchev–Trinajstić information content (AvgIpc) is 2.38. The van der Waals surface area contributed by atoms with E-state index < -0.39 is 18.9 Å². The molecule has 0 aliphatic carbocycles. The molecule has 106 valence electrons. The number of alkyl halides is 2. The number of nitrogens with one attached hydrogen (secondary N) is 2. The Labute approximate surface area is 113 Å². The Bertz CT molecular complexity index is 434. The number of hydrogen-bond acceptors (Lipinski definition) is 7. The van der Waals surface area contributed by atoms with Gasteiger partial charge in [-0.3, -0.25) is 0 Å². The normalized spacial score (nSPS) is 10.6. The number of carbonyl (C=O) groups excluding carboxylic acids is 1. The molecule has 0 unspecified atom stereocenters. The van der Waals surface area contributed by atoms with Crippen LogP contribution < -0.4 is 10.9 Å². The summed E-state index contributed by atoms with van der Waals surface area (Å²) in [7, 11) is 0. The largest absolute Gasteiger partial charge is 0.462 e. The molecule has 0 aliphatic rings. The Hall–Kier alpha value is -1.48. The second-order valence-corrected chi connectivity index (χ2v) is 4.01. The van der Waals surface area contributed by atoms with Crippen molar-refractivity contribution in [3.8, 4) is 0 Å². The predicted molar refractivity (Wildman–Crippen MR) is 67.4 cm³/mol. The lowest BCUT2D eigenvalue weighted by Crippen LogP contribution is -2.29. The average molecular weight is 292 g/mol. The maximum atomic E-state index is 12.0. The van der Waals surface area contributed by atoms with Gasteiger partial charge in [0.1, 0.15) is 5.56 Å². The number of aromatic nitrogens is 2. The number of ether oxygens (including phenoxy) is 1. The Balaban J connectivity index is 2.86. The van der Waals surface area contributed by atoms with E-state index in [4.69, 9.17) is 4.74 Å². The summed E-state index contributed by atoms with van der Waals surface area (Å²) < 4.78 is 28.9. The third-order valence-corrected chi connectivity index (χ3v) is 2.47. The number of hydrazine groups is 1. The molecule has 0 bridgehead atoms. The summed E-state index contributed by atoms with van der Waals surface area (Å²) in [6, 6.07) is 0. The molecule has 0 aliphatic heterocycles. The van der Waals surface area contributed by atoms with Gasteiger partial charge in [0.15, 0.2) is 11.0 Å². The zero-order chi connectivity index (χ0) is 14.3. The molecule has 0 fully saturated rings. The summed E-state index contributed by atoms with van der Waals surface area (Å²) in [5, 5.41) is 0.411. The van der Waals surface area contributed by atoms with Gasteiger partial charge in [-0.25, -0.2) is 29.0 Å². The van der Waals surface area contributed by atoms with E-state index in [-0.39, 0.29) is 18.0 Å². The summed E-state index contributed by atoms with van der Waals surface area (Å²) in [4.78, 5) is 19.6. The van der Waals surface area contributed by atoms with Crippen LogP contribution in [0.1, 0.15) is 17.3 Å². The Morgan fingerprint density at radius 2 is 2.32 bits per heavy atom. The molecular formula is C10H14F2N4O2S. The van der Waals surface area contributed by atoms with Crippen LogP contribution in [0.4, 0.5) is 14.6 Å². The van der Waals surface area contributed by atoms with Crippen LogP contribution in [0.15, 0.2) is 11.4 Å². The Morgan fingerprint density at radius 3 is 2.89 bits per heavy atom. The smallest absolute Gasteiger partial charge is 0.343 e. The van der Waals surface area contributed by atoms with Crippen LogP contribution in [0.5, 0.6) is 0 Å². The van der Waals surface area contributed by atoms with Gasteiger partial charge in [-0.2, -0.15) is 0 Å². The van der Waals surface area contributed by atoms with Crippen LogP contribution in [-0.4, -0.2) is 41.8 Å². The molecule has 0 saturated carbocycles. The van der Waals surface area contributed by atoms with Gasteiger partial charge in [-0.15, -0.1) is 0 Å². The third-order valence-electron chi connectivity index (χ3n) is 1.91. The van der Waals surface area contributed by atoms with Gasteiger partial charge >= 0.3 is 5.97 Å². The molecule has 1 rings (SSSR count). The van der Waals surface area contributed by atoms with Crippen LogP contribution in [0, 0.1) is 0 Å². The highest BCUT2D eigenvalue weighted by molar-refractivity contribution is 7.98. The first-order chi connectivity index (χ1) is 9.08. The number of anilines is 1. The number of carbonyl (C=O) groups is 1. The van der Waals surface area contributed by atoms with Crippen molar-refractivity contribution in [2.45, 2.75) is 18.5 Å². The number of thioether (sulfide) groups is 1. The Morgan fingerprint density at radius 1 is 1.58 bits per heavy atom. The van der Waals surface area contributed by atoms with Gasteiger partial charge in [-0.1, -0.05) is 11.8 Å². The fraction of sp³-hybridized carbons (Fsp3) is 0.500. The fourth-order valence-electron chi connectivity index (χ4n) is 1.13. The van der Waals surface area contributed by atoms with Gasteiger partial charge in [0, 0.05) is 6.20 Å². The van der Waals surface area contributed by atoms with E-state index in [2.05, 4.69) is 20.8 Å². The molecule has 1 aromatic heterocycles. The molecule has 2 N–H and O–H groups in total. The van der Waals surface area contributed by atoms with Crippen LogP contribution in [0.25, 0.3) is 0 Å². The minimum Gasteiger partial charge on any atom is -0.462 e. The quantitative estimate of drug-likeness (QED) is 0.342. The summed E-state index contributed by atoms with van der Waals surface area (Å²) in [5.74, 6) is -0.505. The van der Waals surface area contributed by atoms with Crippen molar-refractivity contribution >= 4 is 23.5 Å². The maximum absolute atomic E-state index is 12.0. The first-order valence-electron chi connectivity index (χ1n) is 5.43. The molecule has 1 aromatic rings. The van der Waals surface area contributed by atoms with E-state index in [1.165, 1.54) is 18.0 Å². The van der Waals surface area contributed by atoms with Crippen molar-refractivity contribution < 1.29 is 18.3 Å². The zero-order valence-electron chi connectivity index (χ0n) is 10.4. The van der Waals surface area contributed by atoms with E-state index in [1.807, 2.05) is 0 Å². The molecule has 1 heterocycles. The summed E-state index contributed by atoms with van der Waals surface area (Å²) >= 11 is 1.27. The predicted octanol–water partition coefficient (Wildman–Crippen LogP) is 1.56. The lowest BCUT2D eigenvalue weighted by molar-refractivity contribution is 0.0526. The third kappa shape index (κ3) is 4.95. The topological polar surface area (TPSA) is 76.1 Å². The van der Waals surface area contributed by atoms with Crippen LogP contribution in [0.3, 0.4) is 0 Å². The maximum Gasteiger partial charge on any atom is 0.343 e. The highest BCUT2D eigenvalue weighted by atomic mass is 32.2. The molecule has 0 atom stereocenters. The van der Waals surface area contributed by atoms with Gasteiger partial charge in [0.05, 0.1) is 13.2 Å². The molecule has 0 amide bonds. The van der Waals surface area contributed by atoms with Crippen molar-refractivity contribution in [3.05, 3.63) is 11.8 Å². The van der Waals surface area contributed by atoms with Crippen molar-refractivity contribution in [2.75, 3.05) is 24.8 Å². The summed E-state index contributed by atoms with van der Waals surface area (Å²) in [5.41, 5.74) is 4.83. The second-order valence-electron chi connectivity index (χ2n) is 3.24. The number of rotatable bonds is 7. The van der Waals surface area contributed by atoms with Crippen LogP contribution in [-0.2, 0) is 4.74 Å². The Kier molecular flexibility index (Phi) is 6.43. The highest BCUT2D eigenvalue weighted by Crippen LogP contribution is 2.16. The van der Waals surface area contributed by atoms with Crippen molar-refractivity contribution in [1.82, 2.24) is 15.4 Å². The van der Waals surface area contributed by atoms with Gasteiger partial charge in [0.25, 0.3) is 6.43 Å². The van der Waals surface area contributed by atoms with E-state index in [0.29, 0.717) is 5.16 Å². The van der Waals surface area contributed by atoms with Crippen LogP contribution >= 0.6 is 11.8 Å². The van der Waals surface area contributed by atoms with Crippen LogP contribution in [0.2, 0.25) is 0 Å².